The van der Waals surface area contributed by atoms with Gasteiger partial charge in [-0.05, 0) is 29.3 Å². The molecule has 0 aliphatic carbocycles. The average molecular weight is 417 g/mol. The van der Waals surface area contributed by atoms with Gasteiger partial charge in [-0.2, -0.15) is 0 Å². The predicted molar refractivity (Wildman–Crippen MR) is 113 cm³/mol. The highest BCUT2D eigenvalue weighted by Gasteiger charge is 2.09. The summed E-state index contributed by atoms with van der Waals surface area (Å²) in [4.78, 5) is 6.46. The van der Waals surface area contributed by atoms with Gasteiger partial charge < -0.3 is 10.1 Å². The molecule has 1 aromatic carbocycles. The molecule has 2 heterocycles. The van der Waals surface area contributed by atoms with E-state index in [1.807, 2.05) is 12.1 Å². The molecule has 7 heteroatoms. The molecule has 0 spiro atoms. The van der Waals surface area contributed by atoms with Crippen molar-refractivity contribution in [2.24, 2.45) is 0 Å². The van der Waals surface area contributed by atoms with Crippen molar-refractivity contribution in [1.82, 2.24) is 15.2 Å². The number of pyridine rings is 1. The van der Waals surface area contributed by atoms with Crippen LogP contribution in [0.4, 0.5) is 0 Å². The van der Waals surface area contributed by atoms with Crippen LogP contribution in [-0.4, -0.2) is 42.7 Å². The Morgan fingerprint density at radius 1 is 1.08 bits per heavy atom. The van der Waals surface area contributed by atoms with E-state index in [9.17, 15) is 0 Å². The van der Waals surface area contributed by atoms with Gasteiger partial charge in [0.05, 0.1) is 6.20 Å². The van der Waals surface area contributed by atoms with Gasteiger partial charge in [0, 0.05) is 32.7 Å². The van der Waals surface area contributed by atoms with Gasteiger partial charge in [-0.25, -0.2) is 4.98 Å². The van der Waals surface area contributed by atoms with Crippen molar-refractivity contribution in [1.29, 1.82) is 0 Å². The number of ether oxygens (including phenoxy) is 1. The maximum Gasteiger partial charge on any atom is 0.138 e. The van der Waals surface area contributed by atoms with Crippen molar-refractivity contribution in [3.8, 4) is 5.75 Å². The molecule has 0 atom stereocenters. The second-order valence-corrected chi connectivity index (χ2v) is 6.18. The number of rotatable bonds is 6. The van der Waals surface area contributed by atoms with Crippen molar-refractivity contribution in [3.05, 3.63) is 65.0 Å². The monoisotopic (exact) mass is 415 g/mol. The van der Waals surface area contributed by atoms with E-state index >= 15 is 0 Å². The Morgan fingerprint density at radius 3 is 2.46 bits per heavy atom. The fourth-order valence-electron chi connectivity index (χ4n) is 2.64. The summed E-state index contributed by atoms with van der Waals surface area (Å²) < 4.78 is 5.59. The highest BCUT2D eigenvalue weighted by atomic mass is 35.5. The fraction of sp³-hybridized carbons (Fsp3) is 0.316. The molecule has 0 radical (unpaired) electrons. The first kappa shape index (κ1) is 22.7. The molecule has 1 aliphatic heterocycles. The molecule has 142 valence electrons. The van der Waals surface area contributed by atoms with E-state index < -0.39 is 0 Å². The summed E-state index contributed by atoms with van der Waals surface area (Å²) in [5.74, 6) is 0.718. The molecule has 2 aromatic rings. The summed E-state index contributed by atoms with van der Waals surface area (Å²) in [6.45, 7) is 5.95. The molecule has 1 aliphatic rings. The van der Waals surface area contributed by atoms with Crippen LogP contribution in [0.5, 0.6) is 5.75 Å². The van der Waals surface area contributed by atoms with Crippen LogP contribution in [-0.2, 0) is 6.54 Å². The molecular weight excluding hydrogens is 393 g/mol. The third-order valence-corrected chi connectivity index (χ3v) is 4.18. The number of piperazine rings is 1. The highest BCUT2D eigenvalue weighted by Crippen LogP contribution is 2.13. The molecular formula is C19H24Cl3N3O. The van der Waals surface area contributed by atoms with Crippen LogP contribution in [0.2, 0.25) is 5.15 Å². The lowest BCUT2D eigenvalue weighted by molar-refractivity contribution is 0.233. The van der Waals surface area contributed by atoms with E-state index in [1.54, 1.807) is 12.3 Å². The summed E-state index contributed by atoms with van der Waals surface area (Å²) >= 11 is 5.74. The van der Waals surface area contributed by atoms with Crippen molar-refractivity contribution >= 4 is 42.5 Å². The molecule has 0 bridgehead atoms. The first-order valence-electron chi connectivity index (χ1n) is 8.22. The summed E-state index contributed by atoms with van der Waals surface area (Å²) in [6, 6.07) is 12.2. The third-order valence-electron chi connectivity index (χ3n) is 3.95. The minimum atomic E-state index is 0. The van der Waals surface area contributed by atoms with Gasteiger partial charge in [0.15, 0.2) is 0 Å². The van der Waals surface area contributed by atoms with Crippen molar-refractivity contribution in [2.75, 3.05) is 32.8 Å². The summed E-state index contributed by atoms with van der Waals surface area (Å²) in [5, 5.41) is 3.85. The smallest absolute Gasteiger partial charge is 0.138 e. The Kier molecular flexibility index (Phi) is 10.6. The van der Waals surface area contributed by atoms with Crippen LogP contribution in [0.25, 0.3) is 6.08 Å². The molecule has 1 saturated heterocycles. The Balaban J connectivity index is 0.00000169. The van der Waals surface area contributed by atoms with Crippen molar-refractivity contribution in [2.45, 2.75) is 6.54 Å². The summed E-state index contributed by atoms with van der Waals surface area (Å²) in [6.07, 6.45) is 5.69. The van der Waals surface area contributed by atoms with Gasteiger partial charge in [-0.1, -0.05) is 41.9 Å². The average Bonchev–Trinajstić information content (AvgIpc) is 2.62. The van der Waals surface area contributed by atoms with E-state index in [0.29, 0.717) is 11.8 Å². The van der Waals surface area contributed by atoms with Gasteiger partial charge in [-0.15, -0.1) is 24.8 Å². The number of nitrogens with one attached hydrogen (secondary N) is 1. The lowest BCUT2D eigenvalue weighted by Gasteiger charge is -2.27. The summed E-state index contributed by atoms with van der Waals surface area (Å²) in [7, 11) is 0. The zero-order valence-corrected chi connectivity index (χ0v) is 16.8. The molecule has 0 saturated carbocycles. The maximum absolute atomic E-state index is 5.74. The first-order valence-corrected chi connectivity index (χ1v) is 8.60. The van der Waals surface area contributed by atoms with Crippen molar-refractivity contribution in [3.63, 3.8) is 0 Å². The highest BCUT2D eigenvalue weighted by molar-refractivity contribution is 6.29. The van der Waals surface area contributed by atoms with E-state index in [1.165, 1.54) is 11.1 Å². The van der Waals surface area contributed by atoms with Crippen molar-refractivity contribution < 1.29 is 4.74 Å². The molecule has 1 N–H and O–H groups in total. The van der Waals surface area contributed by atoms with Gasteiger partial charge in [-0.3, -0.25) is 4.90 Å². The lowest BCUT2D eigenvalue weighted by atomic mass is 10.1. The fourth-order valence-corrected chi connectivity index (χ4v) is 2.75. The van der Waals surface area contributed by atoms with E-state index in [-0.39, 0.29) is 24.8 Å². The topological polar surface area (TPSA) is 37.4 Å². The van der Waals surface area contributed by atoms with Crippen LogP contribution < -0.4 is 10.1 Å². The summed E-state index contributed by atoms with van der Waals surface area (Å²) in [5.41, 5.74) is 2.54. The Morgan fingerprint density at radius 2 is 1.81 bits per heavy atom. The number of hydrogen-bond acceptors (Lipinski definition) is 4. The number of aromatic nitrogens is 1. The minimum absolute atomic E-state index is 0. The number of benzene rings is 1. The number of hydrogen-bond donors (Lipinski definition) is 1. The normalized spacial score (nSPS) is 14.5. The van der Waals surface area contributed by atoms with Gasteiger partial charge >= 0.3 is 0 Å². The molecule has 3 rings (SSSR count). The maximum atomic E-state index is 5.74. The zero-order chi connectivity index (χ0) is 16.6. The van der Waals surface area contributed by atoms with E-state index in [4.69, 9.17) is 16.3 Å². The van der Waals surface area contributed by atoms with E-state index in [2.05, 4.69) is 45.5 Å². The third kappa shape index (κ3) is 7.52. The van der Waals surface area contributed by atoms with Gasteiger partial charge in [0.1, 0.15) is 17.5 Å². The lowest BCUT2D eigenvalue weighted by Crippen LogP contribution is -2.42. The zero-order valence-electron chi connectivity index (χ0n) is 14.4. The molecule has 1 fully saturated rings. The van der Waals surface area contributed by atoms with Crippen LogP contribution >= 0.6 is 36.4 Å². The number of halogens is 3. The molecule has 4 nitrogen and oxygen atoms in total. The SMILES string of the molecule is Cl.Cl.Clc1ccc(OC/C=C/c2ccc(CN3CCNCC3)cc2)cn1. The standard InChI is InChI=1S/C19H22ClN3O.2ClH/c20-19-8-7-18(14-22-19)24-13-1-2-16-3-5-17(6-4-16)15-23-11-9-21-10-12-23;;/h1-8,14,21H,9-13,15H2;2*1H/b2-1+;;. The largest absolute Gasteiger partial charge is 0.488 e. The minimum Gasteiger partial charge on any atom is -0.488 e. The predicted octanol–water partition coefficient (Wildman–Crippen LogP) is 4.08. The van der Waals surface area contributed by atoms with Crippen LogP contribution in [0.3, 0.4) is 0 Å². The second-order valence-electron chi connectivity index (χ2n) is 5.80. The Labute approximate surface area is 172 Å². The van der Waals surface area contributed by atoms with Gasteiger partial charge in [0.2, 0.25) is 0 Å². The van der Waals surface area contributed by atoms with E-state index in [0.717, 1.165) is 38.5 Å². The molecule has 26 heavy (non-hydrogen) atoms. The molecule has 0 unspecified atom stereocenters. The molecule has 1 aromatic heterocycles. The van der Waals surface area contributed by atoms with Crippen LogP contribution in [0, 0.1) is 0 Å². The van der Waals surface area contributed by atoms with Gasteiger partial charge in [0.25, 0.3) is 0 Å². The van der Waals surface area contributed by atoms with Crippen LogP contribution in [0.1, 0.15) is 11.1 Å². The first-order chi connectivity index (χ1) is 11.8. The number of nitrogens with zero attached hydrogens (tertiary/aromatic N) is 2. The quantitative estimate of drug-likeness (QED) is 0.720. The molecule has 0 amide bonds. The Hall–Kier alpha value is -1.30. The second kappa shape index (κ2) is 12.2. The Bertz CT molecular complexity index is 657. The van der Waals surface area contributed by atoms with Crippen LogP contribution in [0.15, 0.2) is 48.7 Å².